The number of hydrogen-bond acceptors (Lipinski definition) is 3. The number of benzene rings is 2. The number of anilines is 2. The van der Waals surface area contributed by atoms with Gasteiger partial charge in [-0.05, 0) is 49.2 Å². The number of urea groups is 1. The summed E-state index contributed by atoms with van der Waals surface area (Å²) in [6, 6.07) is 18.0. The number of likely N-dealkylation sites (tertiary alicyclic amines) is 1. The third-order valence-electron chi connectivity index (χ3n) is 4.46. The Morgan fingerprint density at radius 3 is 2.15 bits per heavy atom. The maximum atomic E-state index is 12.3. The number of rotatable bonds is 3. The first kappa shape index (κ1) is 17.5. The summed E-state index contributed by atoms with van der Waals surface area (Å²) in [5, 5.41) is 14.5. The van der Waals surface area contributed by atoms with Gasteiger partial charge in [0.2, 0.25) is 5.91 Å². The number of piperidine rings is 1. The number of nitrogens with zero attached hydrogens (tertiary/aromatic N) is 2. The van der Waals surface area contributed by atoms with E-state index in [9.17, 15) is 9.59 Å². The highest BCUT2D eigenvalue weighted by atomic mass is 16.2. The molecular weight excluding hydrogens is 328 g/mol. The van der Waals surface area contributed by atoms with E-state index in [-0.39, 0.29) is 17.9 Å². The monoisotopic (exact) mass is 348 g/mol. The summed E-state index contributed by atoms with van der Waals surface area (Å²) in [5.41, 5.74) is 1.99. The number of para-hydroxylation sites is 1. The van der Waals surface area contributed by atoms with Crippen molar-refractivity contribution in [3.63, 3.8) is 0 Å². The Hall–Kier alpha value is -3.33. The molecule has 0 aromatic heterocycles. The molecule has 0 bridgehead atoms. The molecule has 0 unspecified atom stereocenters. The lowest BCUT2D eigenvalue weighted by atomic mass is 9.96. The van der Waals surface area contributed by atoms with E-state index in [0.717, 1.165) is 5.69 Å². The maximum absolute atomic E-state index is 12.3. The van der Waals surface area contributed by atoms with E-state index in [1.165, 1.54) is 0 Å². The van der Waals surface area contributed by atoms with Gasteiger partial charge in [-0.15, -0.1) is 0 Å². The lowest BCUT2D eigenvalue weighted by Crippen LogP contribution is -2.43. The normalized spacial score (nSPS) is 14.3. The van der Waals surface area contributed by atoms with Crippen LogP contribution in [-0.2, 0) is 4.79 Å². The zero-order valence-corrected chi connectivity index (χ0v) is 14.3. The lowest BCUT2D eigenvalue weighted by molar-refractivity contribution is -0.121. The summed E-state index contributed by atoms with van der Waals surface area (Å²) < 4.78 is 0. The summed E-state index contributed by atoms with van der Waals surface area (Å²) in [6.45, 7) is 1.07. The van der Waals surface area contributed by atoms with Crippen molar-refractivity contribution >= 4 is 23.3 Å². The minimum Gasteiger partial charge on any atom is -0.326 e. The topological polar surface area (TPSA) is 85.2 Å². The second-order valence-corrected chi connectivity index (χ2v) is 6.24. The van der Waals surface area contributed by atoms with Gasteiger partial charge in [0.05, 0.1) is 11.6 Å². The molecule has 0 atom stereocenters. The second kappa shape index (κ2) is 8.17. The first-order chi connectivity index (χ1) is 12.7. The Kier molecular flexibility index (Phi) is 5.49. The summed E-state index contributed by atoms with van der Waals surface area (Å²) in [4.78, 5) is 26.4. The van der Waals surface area contributed by atoms with Gasteiger partial charge >= 0.3 is 6.03 Å². The smallest absolute Gasteiger partial charge is 0.321 e. The van der Waals surface area contributed by atoms with Crippen LogP contribution in [0.1, 0.15) is 18.4 Å². The summed E-state index contributed by atoms with van der Waals surface area (Å²) in [5.74, 6) is -0.0856. The van der Waals surface area contributed by atoms with Crippen molar-refractivity contribution in [1.29, 1.82) is 5.26 Å². The molecule has 1 aliphatic rings. The molecule has 0 spiro atoms. The van der Waals surface area contributed by atoms with Gasteiger partial charge < -0.3 is 15.5 Å². The zero-order chi connectivity index (χ0) is 18.4. The number of carbonyl (C=O) groups excluding carboxylic acids is 2. The Labute approximate surface area is 152 Å². The molecule has 0 radical (unpaired) electrons. The van der Waals surface area contributed by atoms with Crippen molar-refractivity contribution in [2.24, 2.45) is 5.92 Å². The van der Waals surface area contributed by atoms with Crippen LogP contribution < -0.4 is 10.6 Å². The van der Waals surface area contributed by atoms with E-state index in [4.69, 9.17) is 5.26 Å². The van der Waals surface area contributed by atoms with E-state index in [0.29, 0.717) is 37.2 Å². The van der Waals surface area contributed by atoms with Crippen LogP contribution in [0.25, 0.3) is 0 Å². The number of nitriles is 1. The molecular formula is C20H20N4O2. The van der Waals surface area contributed by atoms with Gasteiger partial charge in [0, 0.05) is 30.4 Å². The molecule has 6 nitrogen and oxygen atoms in total. The number of amides is 3. The molecule has 6 heteroatoms. The highest BCUT2D eigenvalue weighted by Crippen LogP contribution is 2.20. The fourth-order valence-electron chi connectivity index (χ4n) is 2.94. The summed E-state index contributed by atoms with van der Waals surface area (Å²) in [7, 11) is 0. The van der Waals surface area contributed by atoms with Gasteiger partial charge in [0.15, 0.2) is 0 Å². The molecule has 26 heavy (non-hydrogen) atoms. The van der Waals surface area contributed by atoms with Crippen molar-refractivity contribution in [1.82, 2.24) is 4.90 Å². The number of carbonyl (C=O) groups is 2. The van der Waals surface area contributed by atoms with Gasteiger partial charge in [0.1, 0.15) is 0 Å². The molecule has 2 aromatic carbocycles. The van der Waals surface area contributed by atoms with Crippen LogP contribution in [0.3, 0.4) is 0 Å². The third-order valence-corrected chi connectivity index (χ3v) is 4.46. The zero-order valence-electron chi connectivity index (χ0n) is 14.3. The van der Waals surface area contributed by atoms with Gasteiger partial charge in [-0.1, -0.05) is 18.2 Å². The molecule has 3 amide bonds. The number of nitrogens with one attached hydrogen (secondary N) is 2. The Balaban J connectivity index is 1.48. The molecule has 0 aliphatic carbocycles. The average Bonchev–Trinajstić information content (AvgIpc) is 2.69. The van der Waals surface area contributed by atoms with Crippen molar-refractivity contribution in [2.45, 2.75) is 12.8 Å². The molecule has 3 rings (SSSR count). The van der Waals surface area contributed by atoms with E-state index in [1.54, 1.807) is 29.2 Å². The van der Waals surface area contributed by atoms with Crippen LogP contribution in [0.15, 0.2) is 54.6 Å². The molecule has 0 saturated carbocycles. The Bertz CT molecular complexity index is 804. The average molecular weight is 348 g/mol. The largest absolute Gasteiger partial charge is 0.326 e. The van der Waals surface area contributed by atoms with Crippen molar-refractivity contribution in [2.75, 3.05) is 23.7 Å². The highest BCUT2D eigenvalue weighted by Gasteiger charge is 2.27. The summed E-state index contributed by atoms with van der Waals surface area (Å²) >= 11 is 0. The summed E-state index contributed by atoms with van der Waals surface area (Å²) in [6.07, 6.45) is 1.28. The fraction of sp³-hybridized carbons (Fsp3) is 0.250. The maximum Gasteiger partial charge on any atom is 0.321 e. The van der Waals surface area contributed by atoms with Crippen LogP contribution in [0.2, 0.25) is 0 Å². The Morgan fingerprint density at radius 2 is 1.54 bits per heavy atom. The quantitative estimate of drug-likeness (QED) is 0.891. The predicted molar refractivity (Wildman–Crippen MR) is 99.5 cm³/mol. The van der Waals surface area contributed by atoms with E-state index < -0.39 is 0 Å². The van der Waals surface area contributed by atoms with Crippen LogP contribution in [0.5, 0.6) is 0 Å². The predicted octanol–water partition coefficient (Wildman–Crippen LogP) is 3.44. The van der Waals surface area contributed by atoms with Crippen molar-refractivity contribution in [3.05, 3.63) is 60.2 Å². The molecule has 1 aliphatic heterocycles. The SMILES string of the molecule is N#Cc1ccc(NC(=O)N2CCC(C(=O)Nc3ccccc3)CC2)cc1. The lowest BCUT2D eigenvalue weighted by Gasteiger charge is -2.31. The first-order valence-electron chi connectivity index (χ1n) is 8.58. The van der Waals surface area contributed by atoms with Crippen molar-refractivity contribution in [3.8, 4) is 6.07 Å². The van der Waals surface area contributed by atoms with Crippen LogP contribution in [0.4, 0.5) is 16.2 Å². The second-order valence-electron chi connectivity index (χ2n) is 6.24. The number of hydrogen-bond donors (Lipinski definition) is 2. The molecule has 1 saturated heterocycles. The molecule has 2 N–H and O–H groups in total. The molecule has 132 valence electrons. The van der Waals surface area contributed by atoms with E-state index in [1.807, 2.05) is 36.4 Å². The minimum absolute atomic E-state index is 0.00310. The highest BCUT2D eigenvalue weighted by molar-refractivity contribution is 5.93. The van der Waals surface area contributed by atoms with Crippen molar-refractivity contribution < 1.29 is 9.59 Å². The van der Waals surface area contributed by atoms with Gasteiger partial charge in [-0.3, -0.25) is 4.79 Å². The van der Waals surface area contributed by atoms with Crippen LogP contribution in [0, 0.1) is 17.2 Å². The third kappa shape index (κ3) is 4.39. The minimum atomic E-state index is -0.184. The molecule has 1 heterocycles. The van der Waals surface area contributed by atoms with Gasteiger partial charge in [0.25, 0.3) is 0 Å². The Morgan fingerprint density at radius 1 is 0.923 bits per heavy atom. The van der Waals surface area contributed by atoms with Crippen LogP contribution in [-0.4, -0.2) is 29.9 Å². The van der Waals surface area contributed by atoms with E-state index in [2.05, 4.69) is 10.6 Å². The first-order valence-corrected chi connectivity index (χ1v) is 8.58. The van der Waals surface area contributed by atoms with E-state index >= 15 is 0 Å². The molecule has 2 aromatic rings. The fourth-order valence-corrected chi connectivity index (χ4v) is 2.94. The van der Waals surface area contributed by atoms with Crippen LogP contribution >= 0.6 is 0 Å². The van der Waals surface area contributed by atoms with Gasteiger partial charge in [-0.2, -0.15) is 5.26 Å². The standard InChI is InChI=1S/C20H20N4O2/c21-14-15-6-8-18(9-7-15)23-20(26)24-12-10-16(11-13-24)19(25)22-17-4-2-1-3-5-17/h1-9,16H,10-13H2,(H,22,25)(H,23,26). The van der Waals surface area contributed by atoms with Gasteiger partial charge in [-0.25, -0.2) is 4.79 Å². The molecule has 1 fully saturated rings.